The van der Waals surface area contributed by atoms with Gasteiger partial charge in [-0.1, -0.05) is 0 Å². The lowest BCUT2D eigenvalue weighted by atomic mass is 10.4. The Labute approximate surface area is 96.6 Å². The van der Waals surface area contributed by atoms with E-state index in [1.54, 1.807) is 12.1 Å². The summed E-state index contributed by atoms with van der Waals surface area (Å²) in [5, 5.41) is 14.0. The van der Waals surface area contributed by atoms with Gasteiger partial charge in [0.05, 0.1) is 12.4 Å². The van der Waals surface area contributed by atoms with Crippen LogP contribution >= 0.6 is 0 Å². The lowest BCUT2D eigenvalue weighted by molar-refractivity contribution is 0.553. The maximum Gasteiger partial charge on any atom is 0.211 e. The second-order valence-electron chi connectivity index (χ2n) is 2.78. The predicted octanol–water partition coefficient (Wildman–Crippen LogP) is -1.51. The fourth-order valence-electron chi connectivity index (χ4n) is 0.812. The van der Waals surface area contributed by atoms with Crippen LogP contribution in [0.1, 0.15) is 11.5 Å². The summed E-state index contributed by atoms with van der Waals surface area (Å²) >= 11 is 0. The summed E-state index contributed by atoms with van der Waals surface area (Å²) in [6.07, 6.45) is 2.69. The molecule has 1 aromatic rings. The number of nitrogens with zero attached hydrogens (tertiary/aromatic N) is 4. The Hall–Kier alpha value is -2.84. The molecule has 8 N–H and O–H groups in total. The van der Waals surface area contributed by atoms with Crippen LogP contribution in [0.25, 0.3) is 0 Å². The van der Waals surface area contributed by atoms with Crippen molar-refractivity contribution < 1.29 is 4.42 Å². The van der Waals surface area contributed by atoms with Crippen LogP contribution in [0.4, 0.5) is 0 Å². The van der Waals surface area contributed by atoms with Crippen molar-refractivity contribution in [3.8, 4) is 0 Å². The number of nitrogens with two attached hydrogens (primary N) is 4. The van der Waals surface area contributed by atoms with E-state index in [1.807, 2.05) is 0 Å². The smallest absolute Gasteiger partial charge is 0.211 e. The first kappa shape index (κ1) is 12.2. The zero-order valence-electron chi connectivity index (χ0n) is 8.82. The Morgan fingerprint density at radius 1 is 0.882 bits per heavy atom. The molecule has 1 aromatic heterocycles. The molecule has 1 heterocycles. The number of hydrogen-bond acceptors (Lipinski definition) is 5. The van der Waals surface area contributed by atoms with Crippen molar-refractivity contribution >= 4 is 24.3 Å². The highest BCUT2D eigenvalue weighted by atomic mass is 16.3. The van der Waals surface area contributed by atoms with E-state index >= 15 is 0 Å². The summed E-state index contributed by atoms with van der Waals surface area (Å²) in [5.74, 6) is 0.645. The summed E-state index contributed by atoms with van der Waals surface area (Å²) in [6, 6.07) is 3.31. The molecule has 9 heteroatoms. The first-order valence-electron chi connectivity index (χ1n) is 4.41. The lowest BCUT2D eigenvalue weighted by Crippen LogP contribution is -2.21. The Balaban J connectivity index is 2.66. The van der Waals surface area contributed by atoms with Gasteiger partial charge in [-0.05, 0) is 12.1 Å². The average Bonchev–Trinajstić information content (AvgIpc) is 2.65. The van der Waals surface area contributed by atoms with Crippen LogP contribution in [0, 0.1) is 0 Å². The zero-order chi connectivity index (χ0) is 12.7. The van der Waals surface area contributed by atoms with E-state index in [-0.39, 0.29) is 11.9 Å². The minimum atomic E-state index is -0.137. The molecule has 0 bridgehead atoms. The van der Waals surface area contributed by atoms with Crippen molar-refractivity contribution in [3.63, 3.8) is 0 Å². The summed E-state index contributed by atoms with van der Waals surface area (Å²) in [5.41, 5.74) is 20.3. The van der Waals surface area contributed by atoms with Crippen LogP contribution in [0.15, 0.2) is 37.0 Å². The fraction of sp³-hybridized carbons (Fsp3) is 0. The third-order valence-corrected chi connectivity index (χ3v) is 1.36. The highest BCUT2D eigenvalue weighted by molar-refractivity contribution is 5.82. The van der Waals surface area contributed by atoms with E-state index in [1.165, 1.54) is 12.4 Å². The summed E-state index contributed by atoms with van der Waals surface area (Å²) in [7, 11) is 0. The van der Waals surface area contributed by atoms with E-state index in [0.717, 1.165) is 0 Å². The average molecular weight is 236 g/mol. The Morgan fingerprint density at radius 2 is 1.29 bits per heavy atom. The summed E-state index contributed by atoms with van der Waals surface area (Å²) in [6.45, 7) is 0. The van der Waals surface area contributed by atoms with Gasteiger partial charge in [-0.2, -0.15) is 10.2 Å². The molecule has 9 nitrogen and oxygen atoms in total. The lowest BCUT2D eigenvalue weighted by Gasteiger charge is -1.85. The molecular formula is C8H12N8O. The molecule has 0 aromatic carbocycles. The van der Waals surface area contributed by atoms with E-state index in [2.05, 4.69) is 20.4 Å². The molecule has 0 unspecified atom stereocenters. The van der Waals surface area contributed by atoms with Gasteiger partial charge in [-0.3, -0.25) is 0 Å². The van der Waals surface area contributed by atoms with Crippen LogP contribution < -0.4 is 22.9 Å². The van der Waals surface area contributed by atoms with Gasteiger partial charge < -0.3 is 27.4 Å². The van der Waals surface area contributed by atoms with Gasteiger partial charge in [0.1, 0.15) is 11.5 Å². The Morgan fingerprint density at radius 3 is 1.65 bits per heavy atom. The van der Waals surface area contributed by atoms with Gasteiger partial charge in [0.2, 0.25) is 11.9 Å². The molecule has 0 spiro atoms. The van der Waals surface area contributed by atoms with E-state index in [0.29, 0.717) is 11.5 Å². The van der Waals surface area contributed by atoms with Gasteiger partial charge in [0.15, 0.2) is 0 Å². The van der Waals surface area contributed by atoms with Crippen molar-refractivity contribution in [2.24, 2.45) is 43.3 Å². The van der Waals surface area contributed by atoms with Crippen LogP contribution in [-0.4, -0.2) is 24.3 Å². The minimum Gasteiger partial charge on any atom is -0.454 e. The molecule has 0 amide bonds. The van der Waals surface area contributed by atoms with Crippen molar-refractivity contribution in [2.45, 2.75) is 0 Å². The van der Waals surface area contributed by atoms with Crippen molar-refractivity contribution in [2.75, 3.05) is 0 Å². The standard InChI is InChI=1S/C8H12N8O/c9-7(10)15-13-3-5-1-2-6(17-5)4-14-16-8(11)12/h1-4H,(H4,9,10,15)(H4,11,12,16)/b13-3+,14-4+. The second-order valence-corrected chi connectivity index (χ2v) is 2.78. The fourth-order valence-corrected chi connectivity index (χ4v) is 0.812. The molecule has 90 valence electrons. The van der Waals surface area contributed by atoms with E-state index < -0.39 is 0 Å². The molecule has 0 saturated carbocycles. The van der Waals surface area contributed by atoms with Crippen LogP contribution in [-0.2, 0) is 0 Å². The maximum absolute atomic E-state index is 5.25. The number of furan rings is 1. The highest BCUT2D eigenvalue weighted by Crippen LogP contribution is 2.03. The van der Waals surface area contributed by atoms with Gasteiger partial charge in [0.25, 0.3) is 0 Å². The monoisotopic (exact) mass is 236 g/mol. The quantitative estimate of drug-likeness (QED) is 0.283. The van der Waals surface area contributed by atoms with Crippen LogP contribution in [0.2, 0.25) is 0 Å². The molecule has 17 heavy (non-hydrogen) atoms. The molecule has 0 atom stereocenters. The minimum absolute atomic E-state index is 0.137. The molecule has 0 radical (unpaired) electrons. The van der Waals surface area contributed by atoms with Crippen molar-refractivity contribution in [3.05, 3.63) is 23.7 Å². The predicted molar refractivity (Wildman–Crippen MR) is 65.5 cm³/mol. The van der Waals surface area contributed by atoms with Gasteiger partial charge in [-0.25, -0.2) is 0 Å². The largest absolute Gasteiger partial charge is 0.454 e. The van der Waals surface area contributed by atoms with Crippen LogP contribution in [0.5, 0.6) is 0 Å². The number of guanidine groups is 2. The molecule has 0 aliphatic carbocycles. The normalized spacial score (nSPS) is 10.8. The molecule has 0 aliphatic rings. The topological polar surface area (TPSA) is 167 Å². The maximum atomic E-state index is 5.25. The van der Waals surface area contributed by atoms with Gasteiger partial charge in [-0.15, -0.1) is 10.2 Å². The summed E-state index contributed by atoms with van der Waals surface area (Å²) < 4.78 is 5.25. The molecule has 0 saturated heterocycles. The first-order valence-corrected chi connectivity index (χ1v) is 4.41. The van der Waals surface area contributed by atoms with Crippen molar-refractivity contribution in [1.29, 1.82) is 0 Å². The number of rotatable bonds is 4. The second kappa shape index (κ2) is 5.90. The van der Waals surface area contributed by atoms with Gasteiger partial charge in [0, 0.05) is 0 Å². The molecule has 1 rings (SSSR count). The Bertz CT molecular complexity index is 433. The first-order chi connectivity index (χ1) is 8.08. The SMILES string of the molecule is NC(N)=N/N=C/c1ccc(/C=N/N=C(N)N)o1. The van der Waals surface area contributed by atoms with E-state index in [4.69, 9.17) is 27.4 Å². The van der Waals surface area contributed by atoms with Crippen LogP contribution in [0.3, 0.4) is 0 Å². The van der Waals surface area contributed by atoms with Crippen molar-refractivity contribution in [1.82, 2.24) is 0 Å². The third-order valence-electron chi connectivity index (χ3n) is 1.36. The zero-order valence-corrected chi connectivity index (χ0v) is 8.82. The summed E-state index contributed by atoms with van der Waals surface area (Å²) in [4.78, 5) is 0. The molecular weight excluding hydrogens is 224 g/mol. The highest BCUT2D eigenvalue weighted by Gasteiger charge is 1.96. The third kappa shape index (κ3) is 4.97. The van der Waals surface area contributed by atoms with Gasteiger partial charge >= 0.3 is 0 Å². The van der Waals surface area contributed by atoms with E-state index in [9.17, 15) is 0 Å². The molecule has 0 aliphatic heterocycles. The Kier molecular flexibility index (Phi) is 4.25. The number of hydrogen-bond donors (Lipinski definition) is 4. The molecule has 0 fully saturated rings.